The van der Waals surface area contributed by atoms with Gasteiger partial charge < -0.3 is 9.72 Å². The van der Waals surface area contributed by atoms with Gasteiger partial charge in [-0.3, -0.25) is 4.79 Å². The third kappa shape index (κ3) is 2.50. The normalized spacial score (nSPS) is 11.1. The first-order valence-corrected chi connectivity index (χ1v) is 5.59. The van der Waals surface area contributed by atoms with E-state index in [4.69, 9.17) is 4.74 Å². The second-order valence-corrected chi connectivity index (χ2v) is 3.97. The van der Waals surface area contributed by atoms with Crippen molar-refractivity contribution in [2.45, 2.75) is 19.3 Å². The Morgan fingerprint density at radius 1 is 1.39 bits per heavy atom. The number of halogens is 2. The molecule has 2 rings (SSSR count). The van der Waals surface area contributed by atoms with Gasteiger partial charge in [0.25, 0.3) is 0 Å². The number of aromatic nitrogens is 1. The van der Waals surface area contributed by atoms with Crippen LogP contribution >= 0.6 is 0 Å². The zero-order valence-corrected chi connectivity index (χ0v) is 9.87. The molecule has 0 radical (unpaired) electrons. The summed E-state index contributed by atoms with van der Waals surface area (Å²) in [6.45, 7) is 0. The molecule has 1 heterocycles. The van der Waals surface area contributed by atoms with Crippen LogP contribution in [0.25, 0.3) is 10.9 Å². The molecule has 0 atom stereocenters. The van der Waals surface area contributed by atoms with E-state index < -0.39 is 6.43 Å². The van der Waals surface area contributed by atoms with Crippen LogP contribution in [0.5, 0.6) is 5.75 Å². The number of aromatic amines is 1. The topological polar surface area (TPSA) is 42.1 Å². The number of hydrogen-bond donors (Lipinski definition) is 1. The minimum Gasteiger partial charge on any atom is -0.496 e. The largest absolute Gasteiger partial charge is 0.496 e. The Morgan fingerprint density at radius 3 is 2.83 bits per heavy atom. The predicted molar refractivity (Wildman–Crippen MR) is 65.4 cm³/mol. The smallest absolute Gasteiger partial charge is 0.248 e. The number of nitrogens with one attached hydrogen (secondary N) is 1. The van der Waals surface area contributed by atoms with Crippen LogP contribution in [0.2, 0.25) is 0 Å². The van der Waals surface area contributed by atoms with Crippen molar-refractivity contribution in [3.63, 3.8) is 0 Å². The van der Waals surface area contributed by atoms with Gasteiger partial charge in [0.15, 0.2) is 0 Å². The zero-order chi connectivity index (χ0) is 13.1. The summed E-state index contributed by atoms with van der Waals surface area (Å²) in [6, 6.07) is 6.57. The lowest BCUT2D eigenvalue weighted by atomic mass is 10.0. The fourth-order valence-corrected chi connectivity index (χ4v) is 2.00. The molecule has 1 aromatic heterocycles. The Balaban J connectivity index is 2.58. The molecule has 0 saturated carbocycles. The predicted octanol–water partition coefficient (Wildman–Crippen LogP) is 2.73. The highest BCUT2D eigenvalue weighted by molar-refractivity contribution is 5.88. The quantitative estimate of drug-likeness (QED) is 0.910. The number of benzene rings is 1. The van der Waals surface area contributed by atoms with E-state index in [0.717, 1.165) is 0 Å². The van der Waals surface area contributed by atoms with Crippen molar-refractivity contribution in [2.24, 2.45) is 0 Å². The molecule has 0 aliphatic rings. The van der Waals surface area contributed by atoms with Crippen molar-refractivity contribution in [1.29, 1.82) is 0 Å². The maximum absolute atomic E-state index is 12.3. The van der Waals surface area contributed by atoms with Crippen LogP contribution in [-0.4, -0.2) is 18.5 Å². The van der Waals surface area contributed by atoms with Crippen LogP contribution in [0.1, 0.15) is 12.0 Å². The van der Waals surface area contributed by atoms with Crippen molar-refractivity contribution in [1.82, 2.24) is 4.98 Å². The van der Waals surface area contributed by atoms with Crippen molar-refractivity contribution >= 4 is 10.9 Å². The number of rotatable bonds is 4. The number of hydrogen-bond acceptors (Lipinski definition) is 2. The molecule has 2 aromatic rings. The van der Waals surface area contributed by atoms with Gasteiger partial charge in [-0.15, -0.1) is 0 Å². The van der Waals surface area contributed by atoms with Gasteiger partial charge in [0.05, 0.1) is 12.6 Å². The highest BCUT2D eigenvalue weighted by atomic mass is 19.3. The summed E-state index contributed by atoms with van der Waals surface area (Å²) < 4.78 is 29.8. The summed E-state index contributed by atoms with van der Waals surface area (Å²) in [5.41, 5.74) is 0.901. The Kier molecular flexibility index (Phi) is 3.60. The third-order valence-corrected chi connectivity index (χ3v) is 2.76. The van der Waals surface area contributed by atoms with E-state index in [-0.39, 0.29) is 18.4 Å². The number of aryl methyl sites for hydroxylation is 1. The molecule has 96 valence electrons. The van der Waals surface area contributed by atoms with Gasteiger partial charge in [-0.1, -0.05) is 6.07 Å². The Morgan fingerprint density at radius 2 is 2.17 bits per heavy atom. The second kappa shape index (κ2) is 5.16. The monoisotopic (exact) mass is 253 g/mol. The minimum absolute atomic E-state index is 0.151. The number of H-pyrrole nitrogens is 1. The molecular weight excluding hydrogens is 240 g/mol. The van der Waals surface area contributed by atoms with Crippen LogP contribution in [0.15, 0.2) is 29.1 Å². The van der Waals surface area contributed by atoms with Crippen molar-refractivity contribution in [3.05, 3.63) is 40.2 Å². The average Bonchev–Trinajstić information content (AvgIpc) is 2.34. The molecule has 1 N–H and O–H groups in total. The summed E-state index contributed by atoms with van der Waals surface area (Å²) in [7, 11) is 1.51. The summed E-state index contributed by atoms with van der Waals surface area (Å²) in [4.78, 5) is 14.1. The van der Waals surface area contributed by atoms with Gasteiger partial charge in [-0.05, 0) is 24.1 Å². The zero-order valence-electron chi connectivity index (χ0n) is 9.87. The summed E-state index contributed by atoms with van der Waals surface area (Å²) in [5, 5.41) is 0.695. The fourth-order valence-electron chi connectivity index (χ4n) is 2.00. The van der Waals surface area contributed by atoms with Crippen LogP contribution in [0.4, 0.5) is 8.78 Å². The van der Waals surface area contributed by atoms with E-state index in [1.54, 1.807) is 18.2 Å². The van der Waals surface area contributed by atoms with Crippen LogP contribution < -0.4 is 10.3 Å². The fraction of sp³-hybridized carbons (Fsp3) is 0.308. The summed E-state index contributed by atoms with van der Waals surface area (Å²) >= 11 is 0. The molecule has 0 saturated heterocycles. The number of fused-ring (bicyclic) bond motifs is 1. The van der Waals surface area contributed by atoms with Gasteiger partial charge in [0.1, 0.15) is 5.75 Å². The van der Waals surface area contributed by atoms with Crippen LogP contribution in [-0.2, 0) is 6.42 Å². The van der Waals surface area contributed by atoms with Gasteiger partial charge in [0, 0.05) is 17.9 Å². The van der Waals surface area contributed by atoms with Crippen LogP contribution in [0.3, 0.4) is 0 Å². The van der Waals surface area contributed by atoms with E-state index in [1.165, 1.54) is 13.2 Å². The molecule has 5 heteroatoms. The third-order valence-electron chi connectivity index (χ3n) is 2.76. The Bertz CT molecular complexity index is 607. The van der Waals surface area contributed by atoms with Gasteiger partial charge >= 0.3 is 0 Å². The van der Waals surface area contributed by atoms with E-state index in [2.05, 4.69) is 4.98 Å². The van der Waals surface area contributed by atoms with E-state index in [0.29, 0.717) is 22.2 Å². The number of ether oxygens (including phenoxy) is 1. The molecule has 0 spiro atoms. The SMILES string of the molecule is COc1cccc2[nH]c(=O)cc(CCC(F)F)c12. The standard InChI is InChI=1S/C13H13F2NO2/c1-18-10-4-2-3-9-13(10)8(5-6-11(14)15)7-12(17)16-9/h2-4,7,11H,5-6H2,1H3,(H,16,17). The molecule has 3 nitrogen and oxygen atoms in total. The minimum atomic E-state index is -2.38. The number of methoxy groups -OCH3 is 1. The number of alkyl halides is 2. The van der Waals surface area contributed by atoms with Crippen molar-refractivity contribution in [2.75, 3.05) is 7.11 Å². The van der Waals surface area contributed by atoms with Crippen LogP contribution in [0, 0.1) is 0 Å². The Hall–Kier alpha value is -1.91. The van der Waals surface area contributed by atoms with E-state index in [1.807, 2.05) is 0 Å². The molecule has 0 bridgehead atoms. The maximum Gasteiger partial charge on any atom is 0.248 e. The highest BCUT2D eigenvalue weighted by Gasteiger charge is 2.11. The molecule has 0 unspecified atom stereocenters. The lowest BCUT2D eigenvalue weighted by Gasteiger charge is -2.10. The molecule has 0 aliphatic carbocycles. The van der Waals surface area contributed by atoms with Crippen molar-refractivity contribution < 1.29 is 13.5 Å². The first kappa shape index (κ1) is 12.5. The highest BCUT2D eigenvalue weighted by Crippen LogP contribution is 2.27. The lowest BCUT2D eigenvalue weighted by molar-refractivity contribution is 0.138. The molecule has 18 heavy (non-hydrogen) atoms. The summed E-state index contributed by atoms with van der Waals surface area (Å²) in [5.74, 6) is 0.577. The summed E-state index contributed by atoms with van der Waals surface area (Å²) in [6.07, 6.45) is -2.50. The first-order valence-electron chi connectivity index (χ1n) is 5.59. The maximum atomic E-state index is 12.3. The second-order valence-electron chi connectivity index (χ2n) is 3.97. The van der Waals surface area contributed by atoms with E-state index in [9.17, 15) is 13.6 Å². The molecular formula is C13H13F2NO2. The van der Waals surface area contributed by atoms with Gasteiger partial charge in [-0.2, -0.15) is 0 Å². The molecule has 1 aromatic carbocycles. The molecule has 0 aliphatic heterocycles. The average molecular weight is 253 g/mol. The lowest BCUT2D eigenvalue weighted by Crippen LogP contribution is -2.08. The van der Waals surface area contributed by atoms with Gasteiger partial charge in [0.2, 0.25) is 12.0 Å². The Labute approximate surface area is 102 Å². The number of pyridine rings is 1. The molecule has 0 fully saturated rings. The van der Waals surface area contributed by atoms with E-state index >= 15 is 0 Å². The van der Waals surface area contributed by atoms with Gasteiger partial charge in [-0.25, -0.2) is 8.78 Å². The molecule has 0 amide bonds. The first-order chi connectivity index (χ1) is 8.61. The van der Waals surface area contributed by atoms with Crippen molar-refractivity contribution in [3.8, 4) is 5.75 Å².